The zero-order valence-corrected chi connectivity index (χ0v) is 15.5. The van der Waals surface area contributed by atoms with Gasteiger partial charge in [0.25, 0.3) is 0 Å². The van der Waals surface area contributed by atoms with Gasteiger partial charge in [-0.15, -0.1) is 0 Å². The monoisotopic (exact) mass is 363 g/mol. The molecule has 0 aromatic carbocycles. The lowest BCUT2D eigenvalue weighted by Gasteiger charge is -2.31. The van der Waals surface area contributed by atoms with Gasteiger partial charge in [-0.2, -0.15) is 9.61 Å². The highest BCUT2D eigenvalue weighted by molar-refractivity contribution is 6.54. The van der Waals surface area contributed by atoms with E-state index >= 15 is 0 Å². The van der Waals surface area contributed by atoms with Gasteiger partial charge >= 0.3 is 0 Å². The van der Waals surface area contributed by atoms with E-state index < -0.39 is 0 Å². The zero-order chi connectivity index (χ0) is 18.6. The van der Waals surface area contributed by atoms with Gasteiger partial charge < -0.3 is 15.7 Å². The second-order valence-electron chi connectivity index (χ2n) is 7.00. The quantitative estimate of drug-likeness (QED) is 0.582. The van der Waals surface area contributed by atoms with Crippen LogP contribution in [0.5, 0.6) is 0 Å². The molecule has 7 nitrogen and oxygen atoms in total. The molecule has 3 heterocycles. The van der Waals surface area contributed by atoms with E-state index in [0.717, 1.165) is 41.3 Å². The molecule has 3 aromatic rings. The Labute approximate surface area is 159 Å². The third-order valence-electron chi connectivity index (χ3n) is 5.22. The Morgan fingerprint density at radius 2 is 2.19 bits per heavy atom. The largest absolute Gasteiger partial charge is 0.396 e. The van der Waals surface area contributed by atoms with Crippen molar-refractivity contribution in [2.24, 2.45) is 5.92 Å². The predicted octanol–water partition coefficient (Wildman–Crippen LogP) is 2.21. The number of pyridine rings is 1. The maximum absolute atomic E-state index is 9.71. The molecule has 0 saturated heterocycles. The molecule has 4 rings (SSSR count). The average Bonchev–Trinajstić information content (AvgIpc) is 3.12. The third-order valence-corrected chi connectivity index (χ3v) is 5.22. The van der Waals surface area contributed by atoms with Crippen LogP contribution in [0.2, 0.25) is 6.82 Å². The number of aliphatic hydroxyl groups excluding tert-OH is 1. The molecule has 0 aliphatic heterocycles. The van der Waals surface area contributed by atoms with E-state index in [1.807, 2.05) is 38.5 Å². The van der Waals surface area contributed by atoms with Gasteiger partial charge in [-0.05, 0) is 30.4 Å². The average molecular weight is 363 g/mol. The molecule has 1 saturated carbocycles. The first kappa shape index (κ1) is 17.8. The lowest BCUT2D eigenvalue weighted by molar-refractivity contribution is 0.178. The van der Waals surface area contributed by atoms with Crippen LogP contribution in [0.25, 0.3) is 5.65 Å². The molecule has 2 atom stereocenters. The Morgan fingerprint density at radius 3 is 2.96 bits per heavy atom. The van der Waals surface area contributed by atoms with Gasteiger partial charge in [0.1, 0.15) is 11.6 Å². The zero-order valence-electron chi connectivity index (χ0n) is 15.5. The first-order chi connectivity index (χ1) is 13.3. The molecule has 0 amide bonds. The fraction of sp³-hybridized carbons (Fsp3) is 0.421. The number of fused-ring (bicyclic) bond motifs is 1. The van der Waals surface area contributed by atoms with Gasteiger partial charge in [-0.1, -0.05) is 19.7 Å². The minimum absolute atomic E-state index is 0.210. The summed E-state index contributed by atoms with van der Waals surface area (Å²) in [5.41, 5.74) is 2.67. The summed E-state index contributed by atoms with van der Waals surface area (Å²) in [6, 6.07) is 6.06. The van der Waals surface area contributed by atoms with Crippen molar-refractivity contribution in [1.82, 2.24) is 19.6 Å². The Bertz CT molecular complexity index is 900. The van der Waals surface area contributed by atoms with Crippen LogP contribution in [0.3, 0.4) is 0 Å². The summed E-state index contributed by atoms with van der Waals surface area (Å²) >= 11 is 0. The van der Waals surface area contributed by atoms with E-state index in [1.54, 1.807) is 16.9 Å². The van der Waals surface area contributed by atoms with E-state index in [-0.39, 0.29) is 18.6 Å². The molecule has 0 unspecified atom stereocenters. The summed E-state index contributed by atoms with van der Waals surface area (Å²) in [6.07, 6.45) is 9.80. The Hall–Kier alpha value is -2.61. The highest BCUT2D eigenvalue weighted by atomic mass is 16.3. The topological polar surface area (TPSA) is 87.4 Å². The fourth-order valence-corrected chi connectivity index (χ4v) is 3.74. The van der Waals surface area contributed by atoms with Crippen LogP contribution >= 0.6 is 0 Å². The van der Waals surface area contributed by atoms with Crippen LogP contribution in [-0.2, 0) is 0 Å². The van der Waals surface area contributed by atoms with Crippen LogP contribution in [-0.4, -0.2) is 44.6 Å². The second-order valence-corrected chi connectivity index (χ2v) is 7.00. The molecule has 8 heteroatoms. The molecule has 3 N–H and O–H groups in total. The number of rotatable bonds is 6. The number of nitrogens with zero attached hydrogens (tertiary/aromatic N) is 4. The number of hydrogen-bond donors (Lipinski definition) is 3. The Kier molecular flexibility index (Phi) is 5.24. The van der Waals surface area contributed by atoms with Crippen molar-refractivity contribution in [2.45, 2.75) is 38.5 Å². The van der Waals surface area contributed by atoms with Gasteiger partial charge in [0.15, 0.2) is 12.9 Å². The second kappa shape index (κ2) is 7.96. The molecule has 1 radical (unpaired) electrons. The molecule has 1 aliphatic carbocycles. The maximum atomic E-state index is 9.71. The highest BCUT2D eigenvalue weighted by Gasteiger charge is 2.25. The van der Waals surface area contributed by atoms with Gasteiger partial charge in [-0.3, -0.25) is 4.98 Å². The number of aliphatic hydroxyl groups is 1. The van der Waals surface area contributed by atoms with E-state index in [9.17, 15) is 5.11 Å². The molecule has 1 aliphatic rings. The van der Waals surface area contributed by atoms with Crippen LogP contribution in [0.4, 0.5) is 17.3 Å². The third kappa shape index (κ3) is 3.76. The van der Waals surface area contributed by atoms with E-state index in [0.29, 0.717) is 0 Å². The Balaban J connectivity index is 1.69. The summed E-state index contributed by atoms with van der Waals surface area (Å²) in [7, 11) is 2.00. The molecule has 1 fully saturated rings. The van der Waals surface area contributed by atoms with Gasteiger partial charge in [0.2, 0.25) is 0 Å². The van der Waals surface area contributed by atoms with Crippen LogP contribution in [0.1, 0.15) is 25.7 Å². The first-order valence-electron chi connectivity index (χ1n) is 9.51. The van der Waals surface area contributed by atoms with Gasteiger partial charge in [0, 0.05) is 37.0 Å². The lowest BCUT2D eigenvalue weighted by Crippen LogP contribution is -2.34. The molecule has 139 valence electrons. The van der Waals surface area contributed by atoms with Crippen LogP contribution in [0, 0.1) is 5.92 Å². The van der Waals surface area contributed by atoms with Crippen molar-refractivity contribution >= 4 is 35.7 Å². The molecular weight excluding hydrogens is 339 g/mol. The van der Waals surface area contributed by atoms with Crippen molar-refractivity contribution in [1.29, 1.82) is 0 Å². The number of hydrogen-bond acceptors (Lipinski definition) is 6. The van der Waals surface area contributed by atoms with Crippen LogP contribution in [0.15, 0.2) is 36.8 Å². The molecule has 0 spiro atoms. The van der Waals surface area contributed by atoms with E-state index in [1.165, 1.54) is 12.8 Å². The highest BCUT2D eigenvalue weighted by Crippen LogP contribution is 2.28. The smallest absolute Gasteiger partial charge is 0.155 e. The number of anilines is 3. The number of aromatic nitrogens is 4. The standard InChI is InChI=1S/C19H24BN6O/c1-20-15-11-22-26-18(23-14-6-4-8-21-10-14)9-17(25-19(15)26)24-16-7-3-2-5-13(16)12-27/h4,6,8-11,13,16,23,27H,2-3,5,7,12H2,1H3,(H,24,25)/t13-,16+/m0/s1. The molecule has 0 bridgehead atoms. The van der Waals surface area contributed by atoms with Gasteiger partial charge in [0.05, 0.1) is 11.9 Å². The summed E-state index contributed by atoms with van der Waals surface area (Å²) in [5, 5.41) is 21.1. The van der Waals surface area contributed by atoms with Crippen molar-refractivity contribution in [3.63, 3.8) is 0 Å². The van der Waals surface area contributed by atoms with Crippen molar-refractivity contribution < 1.29 is 5.11 Å². The summed E-state index contributed by atoms with van der Waals surface area (Å²) in [4.78, 5) is 8.95. The van der Waals surface area contributed by atoms with Crippen LogP contribution < -0.4 is 16.1 Å². The summed E-state index contributed by atoms with van der Waals surface area (Å²) < 4.78 is 1.80. The van der Waals surface area contributed by atoms with Crippen molar-refractivity contribution in [2.75, 3.05) is 17.2 Å². The van der Waals surface area contributed by atoms with Gasteiger partial charge in [-0.25, -0.2) is 4.98 Å². The normalized spacial score (nSPS) is 19.8. The minimum atomic E-state index is 0.210. The van der Waals surface area contributed by atoms with E-state index in [2.05, 4.69) is 20.7 Å². The molecular formula is C19H24BN6O. The van der Waals surface area contributed by atoms with E-state index in [4.69, 9.17) is 4.98 Å². The summed E-state index contributed by atoms with van der Waals surface area (Å²) in [5.74, 6) is 1.89. The fourth-order valence-electron chi connectivity index (χ4n) is 3.74. The minimum Gasteiger partial charge on any atom is -0.396 e. The van der Waals surface area contributed by atoms with Crippen molar-refractivity contribution in [3.8, 4) is 0 Å². The number of nitrogens with one attached hydrogen (secondary N) is 2. The lowest BCUT2D eigenvalue weighted by atomic mass is 9.75. The maximum Gasteiger partial charge on any atom is 0.155 e. The SMILES string of the molecule is C[B]c1cnn2c(Nc3cccnc3)cc(N[C@@H]3CCCC[C@H]3CO)nc12. The molecule has 27 heavy (non-hydrogen) atoms. The molecule has 3 aromatic heterocycles. The van der Waals surface area contributed by atoms with Crippen molar-refractivity contribution in [3.05, 3.63) is 36.8 Å². The Morgan fingerprint density at radius 1 is 1.30 bits per heavy atom. The summed E-state index contributed by atoms with van der Waals surface area (Å²) in [6.45, 7) is 2.19. The first-order valence-corrected chi connectivity index (χ1v) is 9.51. The predicted molar refractivity (Wildman–Crippen MR) is 108 cm³/mol.